The first-order valence-corrected chi connectivity index (χ1v) is 9.95. The Labute approximate surface area is 162 Å². The summed E-state index contributed by atoms with van der Waals surface area (Å²) in [5.74, 6) is 1.32. The van der Waals surface area contributed by atoms with Gasteiger partial charge in [-0.05, 0) is 58.2 Å². The molecule has 0 unspecified atom stereocenters. The summed E-state index contributed by atoms with van der Waals surface area (Å²) in [5, 5.41) is 2.96. The molecule has 1 saturated heterocycles. The van der Waals surface area contributed by atoms with E-state index >= 15 is 0 Å². The highest BCUT2D eigenvalue weighted by Gasteiger charge is 2.28. The van der Waals surface area contributed by atoms with Crippen molar-refractivity contribution in [1.29, 1.82) is 0 Å². The molecule has 1 aliphatic heterocycles. The summed E-state index contributed by atoms with van der Waals surface area (Å²) in [7, 11) is 0. The van der Waals surface area contributed by atoms with Gasteiger partial charge in [0.25, 0.3) is 5.91 Å². The maximum Gasteiger partial charge on any atom is 0.253 e. The molecule has 6 nitrogen and oxygen atoms in total. The van der Waals surface area contributed by atoms with Crippen molar-refractivity contribution >= 4 is 11.8 Å². The van der Waals surface area contributed by atoms with Crippen LogP contribution in [0.2, 0.25) is 0 Å². The lowest BCUT2D eigenvalue weighted by Crippen LogP contribution is -2.44. The quantitative estimate of drug-likeness (QED) is 0.756. The first-order chi connectivity index (χ1) is 13.0. The molecular weight excluding hydrogens is 344 g/mol. The van der Waals surface area contributed by atoms with E-state index in [9.17, 15) is 9.59 Å². The lowest BCUT2D eigenvalue weighted by Gasteiger charge is -2.32. The van der Waals surface area contributed by atoms with E-state index in [1.807, 2.05) is 32.6 Å². The SMILES string of the molecule is CCCOc1ccc(C(=O)N2CCC(C(=O)NC(C)C)CC2)cc1OCC. The molecular formula is C21H32N2O4. The molecule has 0 aliphatic carbocycles. The van der Waals surface area contributed by atoms with E-state index in [1.54, 1.807) is 18.2 Å². The van der Waals surface area contributed by atoms with Gasteiger partial charge in [0.1, 0.15) is 0 Å². The minimum Gasteiger partial charge on any atom is -0.490 e. The topological polar surface area (TPSA) is 67.9 Å². The summed E-state index contributed by atoms with van der Waals surface area (Å²) < 4.78 is 11.3. The molecule has 1 aliphatic rings. The average molecular weight is 376 g/mol. The van der Waals surface area contributed by atoms with Gasteiger partial charge >= 0.3 is 0 Å². The number of nitrogens with zero attached hydrogens (tertiary/aromatic N) is 1. The Balaban J connectivity index is 2.01. The Bertz CT molecular complexity index is 637. The smallest absolute Gasteiger partial charge is 0.253 e. The fourth-order valence-electron chi connectivity index (χ4n) is 3.17. The van der Waals surface area contributed by atoms with E-state index in [0.717, 1.165) is 6.42 Å². The van der Waals surface area contributed by atoms with Gasteiger partial charge in [0.15, 0.2) is 11.5 Å². The second kappa shape index (κ2) is 10.2. The van der Waals surface area contributed by atoms with Crippen molar-refractivity contribution in [2.24, 2.45) is 5.92 Å². The van der Waals surface area contributed by atoms with Gasteiger partial charge in [-0.15, -0.1) is 0 Å². The summed E-state index contributed by atoms with van der Waals surface area (Å²) in [6.07, 6.45) is 2.30. The molecule has 6 heteroatoms. The highest BCUT2D eigenvalue weighted by atomic mass is 16.5. The minimum absolute atomic E-state index is 0.0137. The second-order valence-electron chi connectivity index (χ2n) is 7.17. The van der Waals surface area contributed by atoms with E-state index < -0.39 is 0 Å². The number of nitrogens with one attached hydrogen (secondary N) is 1. The van der Waals surface area contributed by atoms with Crippen molar-refractivity contribution in [3.8, 4) is 11.5 Å². The highest BCUT2D eigenvalue weighted by Crippen LogP contribution is 2.30. The molecule has 0 bridgehead atoms. The number of amides is 2. The van der Waals surface area contributed by atoms with Gasteiger partial charge in [0, 0.05) is 30.6 Å². The maximum atomic E-state index is 12.9. The summed E-state index contributed by atoms with van der Waals surface area (Å²) >= 11 is 0. The summed E-state index contributed by atoms with van der Waals surface area (Å²) in [5.41, 5.74) is 0.590. The lowest BCUT2D eigenvalue weighted by atomic mass is 9.95. The molecule has 1 aromatic carbocycles. The predicted octanol–water partition coefficient (Wildman–Crippen LogP) is 3.25. The summed E-state index contributed by atoms with van der Waals surface area (Å²) in [4.78, 5) is 26.8. The number of ether oxygens (including phenoxy) is 2. The Hall–Kier alpha value is -2.24. The Morgan fingerprint density at radius 1 is 1.15 bits per heavy atom. The Morgan fingerprint density at radius 3 is 2.44 bits per heavy atom. The van der Waals surface area contributed by atoms with Gasteiger partial charge in [-0.25, -0.2) is 0 Å². The number of hydrogen-bond donors (Lipinski definition) is 1. The van der Waals surface area contributed by atoms with Gasteiger partial charge in [-0.1, -0.05) is 6.92 Å². The van der Waals surface area contributed by atoms with Gasteiger partial charge in [-0.2, -0.15) is 0 Å². The fraction of sp³-hybridized carbons (Fsp3) is 0.619. The van der Waals surface area contributed by atoms with Crippen molar-refractivity contribution in [1.82, 2.24) is 10.2 Å². The molecule has 2 rings (SSSR count). The largest absolute Gasteiger partial charge is 0.490 e. The number of likely N-dealkylation sites (tertiary alicyclic amines) is 1. The van der Waals surface area contributed by atoms with Crippen LogP contribution in [0.3, 0.4) is 0 Å². The van der Waals surface area contributed by atoms with E-state index in [-0.39, 0.29) is 23.8 Å². The number of rotatable bonds is 8. The number of hydrogen-bond acceptors (Lipinski definition) is 4. The third-order valence-corrected chi connectivity index (χ3v) is 4.54. The van der Waals surface area contributed by atoms with Crippen LogP contribution in [-0.2, 0) is 4.79 Å². The number of piperidine rings is 1. The third-order valence-electron chi connectivity index (χ3n) is 4.54. The Kier molecular flexibility index (Phi) is 7.95. The fourth-order valence-corrected chi connectivity index (χ4v) is 3.17. The molecule has 0 atom stereocenters. The van der Waals surface area contributed by atoms with Crippen molar-refractivity contribution in [3.05, 3.63) is 23.8 Å². The molecule has 150 valence electrons. The van der Waals surface area contributed by atoms with E-state index in [2.05, 4.69) is 5.32 Å². The zero-order chi connectivity index (χ0) is 19.8. The van der Waals surface area contributed by atoms with Gasteiger partial charge < -0.3 is 19.7 Å². The molecule has 1 heterocycles. The van der Waals surface area contributed by atoms with Crippen LogP contribution in [0.25, 0.3) is 0 Å². The zero-order valence-corrected chi connectivity index (χ0v) is 16.9. The Morgan fingerprint density at radius 2 is 1.85 bits per heavy atom. The van der Waals surface area contributed by atoms with Crippen LogP contribution < -0.4 is 14.8 Å². The zero-order valence-electron chi connectivity index (χ0n) is 16.9. The number of carbonyl (C=O) groups is 2. The van der Waals surface area contributed by atoms with E-state index in [0.29, 0.717) is 56.2 Å². The van der Waals surface area contributed by atoms with Crippen LogP contribution in [0.5, 0.6) is 11.5 Å². The molecule has 0 radical (unpaired) electrons. The standard InChI is InChI=1S/C21H32N2O4/c1-5-13-27-18-8-7-17(14-19(18)26-6-2)21(25)23-11-9-16(10-12-23)20(24)22-15(3)4/h7-8,14-16H,5-6,9-13H2,1-4H3,(H,22,24). The van der Waals surface area contributed by atoms with Gasteiger partial charge in [0.2, 0.25) is 5.91 Å². The van der Waals surface area contributed by atoms with Crippen LogP contribution in [0.15, 0.2) is 18.2 Å². The minimum atomic E-state index is -0.0271. The van der Waals surface area contributed by atoms with E-state index in [1.165, 1.54) is 0 Å². The molecule has 0 spiro atoms. The molecule has 1 fully saturated rings. The monoisotopic (exact) mass is 376 g/mol. The van der Waals surface area contributed by atoms with Gasteiger partial charge in [0.05, 0.1) is 13.2 Å². The van der Waals surface area contributed by atoms with E-state index in [4.69, 9.17) is 9.47 Å². The van der Waals surface area contributed by atoms with Crippen LogP contribution in [-0.4, -0.2) is 49.1 Å². The third kappa shape index (κ3) is 5.88. The molecule has 2 amide bonds. The van der Waals surface area contributed by atoms with Gasteiger partial charge in [-0.3, -0.25) is 9.59 Å². The predicted molar refractivity (Wildman–Crippen MR) is 105 cm³/mol. The number of carbonyl (C=O) groups excluding carboxylic acids is 2. The summed E-state index contributed by atoms with van der Waals surface area (Å²) in [6.45, 7) is 10.2. The van der Waals surface area contributed by atoms with Crippen molar-refractivity contribution < 1.29 is 19.1 Å². The average Bonchev–Trinajstić information content (AvgIpc) is 2.66. The molecule has 0 saturated carbocycles. The van der Waals surface area contributed by atoms with Crippen LogP contribution >= 0.6 is 0 Å². The molecule has 0 aromatic heterocycles. The lowest BCUT2D eigenvalue weighted by molar-refractivity contribution is -0.126. The maximum absolute atomic E-state index is 12.9. The molecule has 1 aromatic rings. The first-order valence-electron chi connectivity index (χ1n) is 9.95. The normalized spacial score (nSPS) is 14.9. The first kappa shape index (κ1) is 21.1. The number of benzene rings is 1. The molecule has 1 N–H and O–H groups in total. The van der Waals surface area contributed by atoms with Crippen LogP contribution in [0.4, 0.5) is 0 Å². The van der Waals surface area contributed by atoms with Crippen molar-refractivity contribution in [3.63, 3.8) is 0 Å². The highest BCUT2D eigenvalue weighted by molar-refractivity contribution is 5.95. The van der Waals surface area contributed by atoms with Crippen LogP contribution in [0, 0.1) is 5.92 Å². The van der Waals surface area contributed by atoms with Crippen LogP contribution in [0.1, 0.15) is 57.3 Å². The summed E-state index contributed by atoms with van der Waals surface area (Å²) in [6, 6.07) is 5.49. The second-order valence-corrected chi connectivity index (χ2v) is 7.17. The van der Waals surface area contributed by atoms with Crippen molar-refractivity contribution in [2.75, 3.05) is 26.3 Å². The van der Waals surface area contributed by atoms with Crippen molar-refractivity contribution in [2.45, 2.75) is 53.0 Å². The molecule has 27 heavy (non-hydrogen) atoms.